The Morgan fingerprint density at radius 2 is 1.86 bits per heavy atom. The number of allylic oxidation sites excluding steroid dienone is 4. The Kier molecular flexibility index (Phi) is 15.7. The Morgan fingerprint density at radius 1 is 1.21 bits per heavy atom. The fourth-order valence-corrected chi connectivity index (χ4v) is 0.602. The van der Waals surface area contributed by atoms with Crippen LogP contribution >= 0.6 is 0 Å². The highest BCUT2D eigenvalue weighted by Gasteiger charge is 1.75. The van der Waals surface area contributed by atoms with Crippen molar-refractivity contribution in [2.75, 3.05) is 0 Å². The molecule has 0 rings (SSSR count). The molecule has 0 heterocycles. The standard InChI is InChI=1S/2C6H10O/c1-3-4-5-6(2)7;1-2-3-4-5-6-7/h4-5H,3H2,1-2H3;4-6H,2-3H2,1H3. The molecule has 0 atom stereocenters. The van der Waals surface area contributed by atoms with E-state index in [1.165, 1.54) is 6.08 Å². The molecular formula is C12H20O2. The van der Waals surface area contributed by atoms with Gasteiger partial charge in [-0.05, 0) is 31.9 Å². The summed E-state index contributed by atoms with van der Waals surface area (Å²) >= 11 is 0. The molecule has 0 aliphatic heterocycles. The van der Waals surface area contributed by atoms with Crippen LogP contribution in [0.3, 0.4) is 0 Å². The molecule has 0 spiro atoms. The molecule has 0 aromatic heterocycles. The highest BCUT2D eigenvalue weighted by atomic mass is 16.1. The minimum absolute atomic E-state index is 0.127. The van der Waals surface area contributed by atoms with Crippen LogP contribution in [0.25, 0.3) is 0 Å². The van der Waals surface area contributed by atoms with Gasteiger partial charge in [-0.25, -0.2) is 0 Å². The third-order valence-electron chi connectivity index (χ3n) is 1.26. The van der Waals surface area contributed by atoms with E-state index in [-0.39, 0.29) is 5.78 Å². The predicted octanol–water partition coefficient (Wildman–Crippen LogP) is 3.08. The zero-order valence-corrected chi connectivity index (χ0v) is 9.32. The van der Waals surface area contributed by atoms with Gasteiger partial charge in [-0.2, -0.15) is 0 Å². The Labute approximate surface area is 86.7 Å². The number of hydrogen-bond acceptors (Lipinski definition) is 2. The van der Waals surface area contributed by atoms with E-state index in [9.17, 15) is 9.59 Å². The van der Waals surface area contributed by atoms with Crippen molar-refractivity contribution in [2.24, 2.45) is 0 Å². The van der Waals surface area contributed by atoms with Crippen molar-refractivity contribution in [3.05, 3.63) is 24.3 Å². The summed E-state index contributed by atoms with van der Waals surface area (Å²) in [6.07, 6.45) is 10.7. The molecule has 0 bridgehead atoms. The van der Waals surface area contributed by atoms with E-state index in [1.807, 2.05) is 19.1 Å². The van der Waals surface area contributed by atoms with E-state index < -0.39 is 0 Å². The van der Waals surface area contributed by atoms with E-state index in [4.69, 9.17) is 0 Å². The molecule has 0 aliphatic rings. The van der Waals surface area contributed by atoms with Gasteiger partial charge in [0.25, 0.3) is 0 Å². The Bertz CT molecular complexity index is 190. The number of aldehydes is 1. The van der Waals surface area contributed by atoms with Gasteiger partial charge in [0.1, 0.15) is 6.29 Å². The average Bonchev–Trinajstić information content (AvgIpc) is 2.16. The lowest BCUT2D eigenvalue weighted by Crippen LogP contribution is -1.77. The smallest absolute Gasteiger partial charge is 0.152 e. The molecule has 0 saturated heterocycles. The van der Waals surface area contributed by atoms with Crippen molar-refractivity contribution in [1.29, 1.82) is 0 Å². The maximum Gasteiger partial charge on any atom is 0.152 e. The predicted molar refractivity (Wildman–Crippen MR) is 60.2 cm³/mol. The fourth-order valence-electron chi connectivity index (χ4n) is 0.602. The van der Waals surface area contributed by atoms with Gasteiger partial charge in [0.2, 0.25) is 0 Å². The van der Waals surface area contributed by atoms with Crippen LogP contribution in [0.2, 0.25) is 0 Å². The summed E-state index contributed by atoms with van der Waals surface area (Å²) in [6, 6.07) is 0. The second-order valence-corrected chi connectivity index (χ2v) is 2.77. The van der Waals surface area contributed by atoms with Crippen LogP contribution in [-0.2, 0) is 9.59 Å². The largest absolute Gasteiger partial charge is 0.299 e. The molecule has 0 N–H and O–H groups in total. The lowest BCUT2D eigenvalue weighted by atomic mass is 10.3. The van der Waals surface area contributed by atoms with Gasteiger partial charge in [0.15, 0.2) is 5.78 Å². The quantitative estimate of drug-likeness (QED) is 0.500. The molecule has 0 radical (unpaired) electrons. The molecule has 0 amide bonds. The number of rotatable bonds is 5. The lowest BCUT2D eigenvalue weighted by Gasteiger charge is -1.76. The third-order valence-corrected chi connectivity index (χ3v) is 1.26. The van der Waals surface area contributed by atoms with Crippen LogP contribution in [0.1, 0.15) is 40.0 Å². The van der Waals surface area contributed by atoms with Crippen molar-refractivity contribution in [1.82, 2.24) is 0 Å². The summed E-state index contributed by atoms with van der Waals surface area (Å²) in [5.41, 5.74) is 0. The zero-order chi connectivity index (χ0) is 11.2. The van der Waals surface area contributed by atoms with Gasteiger partial charge in [-0.3, -0.25) is 9.59 Å². The van der Waals surface area contributed by atoms with Crippen LogP contribution in [-0.4, -0.2) is 12.1 Å². The van der Waals surface area contributed by atoms with E-state index in [1.54, 1.807) is 13.0 Å². The Hall–Kier alpha value is -1.18. The Morgan fingerprint density at radius 3 is 2.14 bits per heavy atom. The third kappa shape index (κ3) is 22.4. The molecule has 2 nitrogen and oxygen atoms in total. The molecular weight excluding hydrogens is 176 g/mol. The second-order valence-electron chi connectivity index (χ2n) is 2.77. The summed E-state index contributed by atoms with van der Waals surface area (Å²) in [5, 5.41) is 0. The summed E-state index contributed by atoms with van der Waals surface area (Å²) in [6.45, 7) is 5.63. The maximum absolute atomic E-state index is 10.1. The van der Waals surface area contributed by atoms with Gasteiger partial charge >= 0.3 is 0 Å². The van der Waals surface area contributed by atoms with E-state index in [2.05, 4.69) is 6.92 Å². The highest BCUT2D eigenvalue weighted by molar-refractivity contribution is 5.87. The Balaban J connectivity index is 0. The van der Waals surface area contributed by atoms with E-state index >= 15 is 0 Å². The molecule has 14 heavy (non-hydrogen) atoms. The second kappa shape index (κ2) is 14.3. The maximum atomic E-state index is 10.1. The molecule has 0 unspecified atom stereocenters. The number of carbonyl (C=O) groups excluding carboxylic acids is 2. The first-order valence-electron chi connectivity index (χ1n) is 4.96. The van der Waals surface area contributed by atoms with E-state index in [0.717, 1.165) is 25.5 Å². The lowest BCUT2D eigenvalue weighted by molar-refractivity contribution is -0.112. The molecule has 80 valence electrons. The first-order valence-corrected chi connectivity index (χ1v) is 4.96. The van der Waals surface area contributed by atoms with Gasteiger partial charge in [-0.15, -0.1) is 0 Å². The highest BCUT2D eigenvalue weighted by Crippen LogP contribution is 1.85. The minimum Gasteiger partial charge on any atom is -0.299 e. The summed E-state index contributed by atoms with van der Waals surface area (Å²) in [7, 11) is 0. The van der Waals surface area contributed by atoms with Crippen LogP contribution in [0, 0.1) is 0 Å². The van der Waals surface area contributed by atoms with Crippen LogP contribution in [0.15, 0.2) is 24.3 Å². The van der Waals surface area contributed by atoms with Crippen molar-refractivity contribution in [3.8, 4) is 0 Å². The van der Waals surface area contributed by atoms with Gasteiger partial charge in [0.05, 0.1) is 0 Å². The van der Waals surface area contributed by atoms with Gasteiger partial charge < -0.3 is 0 Å². The SMILES string of the molecule is CCC=CC(C)=O.CCCC=CC=O. The molecule has 0 aromatic rings. The first-order chi connectivity index (χ1) is 6.68. The molecule has 0 aliphatic carbocycles. The van der Waals surface area contributed by atoms with Crippen LogP contribution < -0.4 is 0 Å². The van der Waals surface area contributed by atoms with Gasteiger partial charge in [-0.1, -0.05) is 32.4 Å². The number of ketones is 1. The summed E-state index contributed by atoms with van der Waals surface area (Å²) < 4.78 is 0. The first kappa shape index (κ1) is 15.3. The monoisotopic (exact) mass is 196 g/mol. The summed E-state index contributed by atoms with van der Waals surface area (Å²) in [4.78, 5) is 19.7. The van der Waals surface area contributed by atoms with Crippen molar-refractivity contribution in [2.45, 2.75) is 40.0 Å². The summed E-state index contributed by atoms with van der Waals surface area (Å²) in [5.74, 6) is 0.127. The normalized spacial score (nSPS) is 9.93. The van der Waals surface area contributed by atoms with Crippen molar-refractivity contribution >= 4 is 12.1 Å². The van der Waals surface area contributed by atoms with Crippen molar-refractivity contribution in [3.63, 3.8) is 0 Å². The number of carbonyl (C=O) groups is 2. The van der Waals surface area contributed by atoms with Gasteiger partial charge in [0, 0.05) is 0 Å². The van der Waals surface area contributed by atoms with Crippen molar-refractivity contribution < 1.29 is 9.59 Å². The molecule has 0 saturated carbocycles. The zero-order valence-electron chi connectivity index (χ0n) is 9.32. The average molecular weight is 196 g/mol. The number of hydrogen-bond donors (Lipinski definition) is 0. The minimum atomic E-state index is 0.127. The molecule has 0 aromatic carbocycles. The molecule has 0 fully saturated rings. The van der Waals surface area contributed by atoms with Crippen LogP contribution in [0.4, 0.5) is 0 Å². The topological polar surface area (TPSA) is 34.1 Å². The van der Waals surface area contributed by atoms with E-state index in [0.29, 0.717) is 0 Å². The number of unbranched alkanes of at least 4 members (excludes halogenated alkanes) is 1. The fraction of sp³-hybridized carbons (Fsp3) is 0.500. The molecule has 2 heteroatoms. The van der Waals surface area contributed by atoms with Crippen LogP contribution in [0.5, 0.6) is 0 Å².